The summed E-state index contributed by atoms with van der Waals surface area (Å²) in [6, 6.07) is 13.6. The van der Waals surface area contributed by atoms with Gasteiger partial charge in [-0.05, 0) is 54.4 Å². The number of hydrogen-bond acceptors (Lipinski definition) is 4. The lowest BCUT2D eigenvalue weighted by molar-refractivity contribution is -0.274. The van der Waals surface area contributed by atoms with Crippen LogP contribution in [0.3, 0.4) is 0 Å². The maximum atomic E-state index is 13.8. The Hall–Kier alpha value is -3.93. The van der Waals surface area contributed by atoms with Crippen LogP contribution in [0, 0.1) is 0 Å². The van der Waals surface area contributed by atoms with Crippen LogP contribution in [0.2, 0.25) is 0 Å². The monoisotopic (exact) mass is 539 g/mol. The van der Waals surface area contributed by atoms with Gasteiger partial charge in [0.1, 0.15) is 17.0 Å². The molecule has 1 heterocycles. The van der Waals surface area contributed by atoms with Crippen LogP contribution in [-0.2, 0) is 26.4 Å². The lowest BCUT2D eigenvalue weighted by Crippen LogP contribution is -2.24. The van der Waals surface area contributed by atoms with Crippen LogP contribution in [0.1, 0.15) is 23.6 Å². The van der Waals surface area contributed by atoms with Crippen LogP contribution in [0.15, 0.2) is 65.7 Å². The number of nitrogens with zero attached hydrogens (tertiary/aromatic N) is 3. The third-order valence-electron chi connectivity index (χ3n) is 5.70. The number of alkyl halides is 6. The third kappa shape index (κ3) is 5.96. The zero-order valence-corrected chi connectivity index (χ0v) is 20.3. The van der Waals surface area contributed by atoms with Crippen LogP contribution in [0.4, 0.5) is 32.0 Å². The predicted octanol–water partition coefficient (Wildman–Crippen LogP) is 6.07. The second-order valence-electron chi connectivity index (χ2n) is 8.35. The van der Waals surface area contributed by atoms with Crippen molar-refractivity contribution in [1.82, 2.24) is 9.13 Å². The van der Waals surface area contributed by atoms with Crippen LogP contribution in [-0.4, -0.2) is 27.2 Å². The summed E-state index contributed by atoms with van der Waals surface area (Å²) in [4.78, 5) is 4.55. The predicted molar refractivity (Wildman–Crippen MR) is 127 cm³/mol. The van der Waals surface area contributed by atoms with Gasteiger partial charge in [0.05, 0.1) is 36.5 Å². The quantitative estimate of drug-likeness (QED) is 0.290. The van der Waals surface area contributed by atoms with Crippen LogP contribution in [0.5, 0.6) is 11.5 Å². The number of aliphatic hydroxyl groups is 1. The van der Waals surface area contributed by atoms with Gasteiger partial charge in [-0.25, -0.2) is 4.99 Å². The van der Waals surface area contributed by atoms with E-state index in [-0.39, 0.29) is 42.3 Å². The first-order valence-electron chi connectivity index (χ1n) is 11.4. The maximum absolute atomic E-state index is 13.8. The largest absolute Gasteiger partial charge is 0.573 e. The van der Waals surface area contributed by atoms with E-state index in [1.807, 2.05) is 0 Å². The van der Waals surface area contributed by atoms with Crippen LogP contribution < -0.4 is 15.1 Å². The Morgan fingerprint density at radius 2 is 1.53 bits per heavy atom. The van der Waals surface area contributed by atoms with Crippen molar-refractivity contribution in [2.24, 2.45) is 12.0 Å². The summed E-state index contributed by atoms with van der Waals surface area (Å²) in [5, 5.41) is 9.33. The van der Waals surface area contributed by atoms with E-state index in [0.29, 0.717) is 11.1 Å². The lowest BCUT2D eigenvalue weighted by Gasteiger charge is -2.12. The molecule has 4 aromatic rings. The summed E-state index contributed by atoms with van der Waals surface area (Å²) < 4.78 is 91.5. The molecular formula is C26H23F6N3O3. The fourth-order valence-electron chi connectivity index (χ4n) is 4.02. The number of ether oxygens (including phenoxy) is 2. The number of aromatic nitrogens is 2. The highest BCUT2D eigenvalue weighted by Gasteiger charge is 2.33. The molecule has 3 aromatic carbocycles. The molecule has 4 rings (SSSR count). The first kappa shape index (κ1) is 27.1. The summed E-state index contributed by atoms with van der Waals surface area (Å²) in [6.45, 7) is 1.73. The van der Waals surface area contributed by atoms with Crippen molar-refractivity contribution < 1.29 is 40.9 Å². The molecule has 38 heavy (non-hydrogen) atoms. The number of fused-ring (bicyclic) bond motifs is 1. The van der Waals surface area contributed by atoms with E-state index in [9.17, 15) is 31.4 Å². The molecule has 0 radical (unpaired) electrons. The van der Waals surface area contributed by atoms with Crippen molar-refractivity contribution in [2.45, 2.75) is 32.6 Å². The summed E-state index contributed by atoms with van der Waals surface area (Å²) in [5.74, 6) is -0.418. The molecule has 0 atom stereocenters. The van der Waals surface area contributed by atoms with Crippen molar-refractivity contribution in [3.05, 3.63) is 83.0 Å². The fourth-order valence-corrected chi connectivity index (χ4v) is 4.02. The summed E-state index contributed by atoms with van der Waals surface area (Å²) in [5.41, 5.74) is 1.54. The van der Waals surface area contributed by atoms with Crippen molar-refractivity contribution >= 4 is 16.7 Å². The molecule has 0 aliphatic carbocycles. The van der Waals surface area contributed by atoms with Gasteiger partial charge >= 0.3 is 12.5 Å². The Bertz CT molecular complexity index is 1490. The standard InChI is InChI=1S/C26H23F6N3O3/c1-3-37-22-13-18(25(27,28)29)12-21-23(22)34(2)24(35(21)14-16-4-6-17(15-36)7-5-16)33-19-8-10-20(11-9-19)38-26(30,31)32/h4-13,36H,3,14-15H2,1-2H3/b33-24-. The van der Waals surface area contributed by atoms with E-state index >= 15 is 0 Å². The van der Waals surface area contributed by atoms with E-state index < -0.39 is 23.9 Å². The average molecular weight is 539 g/mol. The Morgan fingerprint density at radius 3 is 2.08 bits per heavy atom. The van der Waals surface area contributed by atoms with Gasteiger partial charge < -0.3 is 23.7 Å². The van der Waals surface area contributed by atoms with Crippen molar-refractivity contribution in [2.75, 3.05) is 6.61 Å². The lowest BCUT2D eigenvalue weighted by atomic mass is 10.1. The normalized spacial score (nSPS) is 12.8. The number of aryl methyl sites for hydroxylation is 1. The molecule has 0 aliphatic heterocycles. The van der Waals surface area contributed by atoms with Crippen molar-refractivity contribution in [1.29, 1.82) is 0 Å². The van der Waals surface area contributed by atoms with Gasteiger partial charge in [-0.3, -0.25) is 0 Å². The zero-order chi connectivity index (χ0) is 27.7. The van der Waals surface area contributed by atoms with E-state index in [4.69, 9.17) is 4.74 Å². The van der Waals surface area contributed by atoms with Gasteiger partial charge in [0, 0.05) is 7.05 Å². The topological polar surface area (TPSA) is 60.9 Å². The zero-order valence-electron chi connectivity index (χ0n) is 20.3. The van der Waals surface area contributed by atoms with Gasteiger partial charge in [0.25, 0.3) is 0 Å². The van der Waals surface area contributed by atoms with Gasteiger partial charge in [-0.15, -0.1) is 13.2 Å². The molecule has 0 fully saturated rings. The molecule has 0 saturated carbocycles. The Morgan fingerprint density at radius 1 is 0.895 bits per heavy atom. The molecular weight excluding hydrogens is 516 g/mol. The maximum Gasteiger partial charge on any atom is 0.573 e. The SMILES string of the molecule is CCOc1cc(C(F)(F)F)cc2c1n(C)/c(=N/c1ccc(OC(F)(F)F)cc1)n2Cc1ccc(CO)cc1. The molecule has 0 aliphatic rings. The minimum atomic E-state index is -4.85. The number of rotatable bonds is 7. The Labute approximate surface area is 213 Å². The Balaban J connectivity index is 1.95. The smallest absolute Gasteiger partial charge is 0.492 e. The van der Waals surface area contributed by atoms with Crippen LogP contribution in [0.25, 0.3) is 11.0 Å². The van der Waals surface area contributed by atoms with Gasteiger partial charge in [-0.1, -0.05) is 24.3 Å². The molecule has 202 valence electrons. The number of hydrogen-bond donors (Lipinski definition) is 1. The van der Waals surface area contributed by atoms with E-state index in [0.717, 1.165) is 29.8 Å². The number of aliphatic hydroxyl groups excluding tert-OH is 1. The van der Waals surface area contributed by atoms with Gasteiger partial charge in [0.2, 0.25) is 5.62 Å². The average Bonchev–Trinajstić information content (AvgIpc) is 3.10. The number of halogens is 6. The molecule has 6 nitrogen and oxygen atoms in total. The highest BCUT2D eigenvalue weighted by atomic mass is 19.4. The molecule has 0 amide bonds. The molecule has 1 N–H and O–H groups in total. The molecule has 0 saturated heterocycles. The molecule has 0 spiro atoms. The van der Waals surface area contributed by atoms with E-state index in [1.165, 1.54) is 12.1 Å². The molecule has 12 heteroatoms. The third-order valence-corrected chi connectivity index (χ3v) is 5.70. The summed E-state index contributed by atoms with van der Waals surface area (Å²) >= 11 is 0. The fraction of sp³-hybridized carbons (Fsp3) is 0.269. The second kappa shape index (κ2) is 10.4. The summed E-state index contributed by atoms with van der Waals surface area (Å²) in [6.07, 6.45) is -9.49. The highest BCUT2D eigenvalue weighted by Crippen LogP contribution is 2.36. The number of benzene rings is 3. The van der Waals surface area contributed by atoms with Gasteiger partial charge in [0.15, 0.2) is 0 Å². The van der Waals surface area contributed by atoms with Crippen LogP contribution >= 0.6 is 0 Å². The molecule has 1 aromatic heterocycles. The van der Waals surface area contributed by atoms with E-state index in [2.05, 4.69) is 9.73 Å². The second-order valence-corrected chi connectivity index (χ2v) is 8.35. The Kier molecular flexibility index (Phi) is 7.45. The van der Waals surface area contributed by atoms with Gasteiger partial charge in [-0.2, -0.15) is 13.2 Å². The minimum absolute atomic E-state index is 0.0135. The first-order chi connectivity index (χ1) is 17.9. The van der Waals surface area contributed by atoms with E-state index in [1.54, 1.807) is 47.4 Å². The first-order valence-corrected chi connectivity index (χ1v) is 11.4. The molecule has 0 bridgehead atoms. The summed E-state index contributed by atoms with van der Waals surface area (Å²) in [7, 11) is 1.61. The molecule has 0 unspecified atom stereocenters. The highest BCUT2D eigenvalue weighted by molar-refractivity contribution is 5.84. The van der Waals surface area contributed by atoms with Crippen molar-refractivity contribution in [3.63, 3.8) is 0 Å². The number of imidazole rings is 1. The van der Waals surface area contributed by atoms with Crippen molar-refractivity contribution in [3.8, 4) is 11.5 Å². The minimum Gasteiger partial charge on any atom is -0.492 e.